The van der Waals surface area contributed by atoms with Crippen LogP contribution in [-0.4, -0.2) is 99.6 Å². The molecule has 8 atom stereocenters. The highest BCUT2D eigenvalue weighted by Crippen LogP contribution is 2.26. The van der Waals surface area contributed by atoms with Crippen molar-refractivity contribution in [1.29, 1.82) is 0 Å². The molecule has 0 aliphatic carbocycles. The molecule has 0 aromatic heterocycles. The van der Waals surface area contributed by atoms with E-state index < -0.39 is 67.4 Å². The van der Waals surface area contributed by atoms with E-state index >= 15 is 0 Å². The first-order chi connectivity index (χ1) is 43.2. The van der Waals surface area contributed by atoms with Crippen molar-refractivity contribution >= 4 is 11.9 Å². The molecule has 0 aromatic rings. The third-order valence-corrected chi connectivity index (χ3v) is 15.5. The SMILES string of the molecule is CC/C=C\C/C=C\C/C=C\C/C=C\C/C=C\C/C=C\CCCCCCCC(O)C(=O)NC(COC1OC(CO)C(O)C(O)C1OC(=O)CCCCCCCCC/C=C\C/C=C\C/C=C\C/C=C\C/C=C\CC)C(O)/C=C/CCCCCCCCCCCC. The van der Waals surface area contributed by atoms with E-state index in [0.717, 1.165) is 173 Å². The molecule has 11 heteroatoms. The maximum Gasteiger partial charge on any atom is 0.306 e. The van der Waals surface area contributed by atoms with Crippen LogP contribution in [0.4, 0.5) is 0 Å². The van der Waals surface area contributed by atoms with Crippen LogP contribution >= 0.6 is 0 Å². The number of aliphatic hydroxyl groups excluding tert-OH is 5. The van der Waals surface area contributed by atoms with Crippen LogP contribution in [0.1, 0.15) is 265 Å². The number of aliphatic hydroxyl groups is 5. The Morgan fingerprint density at radius 3 is 1.23 bits per heavy atom. The van der Waals surface area contributed by atoms with E-state index in [9.17, 15) is 35.1 Å². The van der Waals surface area contributed by atoms with Gasteiger partial charge in [0.2, 0.25) is 5.91 Å². The quantitative estimate of drug-likeness (QED) is 0.0195. The maximum atomic E-state index is 13.5. The molecule has 1 amide bonds. The van der Waals surface area contributed by atoms with Crippen LogP contribution in [0.25, 0.3) is 0 Å². The van der Waals surface area contributed by atoms with Crippen molar-refractivity contribution in [2.75, 3.05) is 13.2 Å². The molecule has 0 aromatic carbocycles. The summed E-state index contributed by atoms with van der Waals surface area (Å²) in [6.07, 6.45) is 80.1. The Labute approximate surface area is 536 Å². The smallest absolute Gasteiger partial charge is 0.306 e. The van der Waals surface area contributed by atoms with E-state index in [1.54, 1.807) is 6.08 Å². The van der Waals surface area contributed by atoms with Crippen molar-refractivity contribution in [3.63, 3.8) is 0 Å². The van der Waals surface area contributed by atoms with Gasteiger partial charge in [-0.3, -0.25) is 9.59 Å². The lowest BCUT2D eigenvalue weighted by atomic mass is 9.99. The average Bonchev–Trinajstić information content (AvgIpc) is 3.72. The average molecular weight is 1230 g/mol. The fourth-order valence-corrected chi connectivity index (χ4v) is 10.0. The zero-order valence-electron chi connectivity index (χ0n) is 55.5. The fraction of sp³-hybridized carbons (Fsp3) is 0.662. The summed E-state index contributed by atoms with van der Waals surface area (Å²) in [5.74, 6) is -1.23. The van der Waals surface area contributed by atoms with Crippen LogP contribution < -0.4 is 5.32 Å². The molecule has 1 heterocycles. The molecule has 88 heavy (non-hydrogen) atoms. The molecule has 1 fully saturated rings. The van der Waals surface area contributed by atoms with Gasteiger partial charge in [-0.05, 0) is 122 Å². The third kappa shape index (κ3) is 49.3. The zero-order valence-corrected chi connectivity index (χ0v) is 55.5. The summed E-state index contributed by atoms with van der Waals surface area (Å²) in [6.45, 7) is 5.55. The standard InChI is InChI=1S/C77H127NO10/c1-4-7-10-13-16-19-22-25-27-29-31-33-35-37-38-40-42-44-46-49-52-55-58-61-64-70(81)76(85)78-68(69(80)63-60-57-54-51-48-24-21-18-15-12-9-6-3)67-86-77-75(74(84)73(83)71(66-79)87-77)88-72(82)65-62-59-56-53-50-47-45-43-41-39-36-34-32-30-28-26-23-20-17-14-11-8-5-2/h7-8,10-11,16-17,19-20,25-28,31-34,37-39,41-42,44,60,63,68-71,73-75,77,79-81,83-84H,4-6,9,12-15,18,21-24,29-30,35-36,40,43,45-59,61-62,64-67H2,1-3H3,(H,78,85)/b10-7-,11-8-,19-16-,20-17-,27-25-,28-26-,33-31-,34-32-,38-37-,41-39-,44-42-,63-60+. The van der Waals surface area contributed by atoms with Crippen molar-refractivity contribution in [1.82, 2.24) is 5.32 Å². The van der Waals surface area contributed by atoms with Gasteiger partial charge in [0.1, 0.15) is 24.4 Å². The summed E-state index contributed by atoms with van der Waals surface area (Å²) < 4.78 is 17.7. The summed E-state index contributed by atoms with van der Waals surface area (Å²) in [7, 11) is 0. The van der Waals surface area contributed by atoms with Gasteiger partial charge in [-0.1, -0.05) is 282 Å². The Morgan fingerprint density at radius 1 is 0.455 bits per heavy atom. The molecule has 0 radical (unpaired) electrons. The molecule has 0 bridgehead atoms. The van der Waals surface area contributed by atoms with Crippen molar-refractivity contribution in [3.05, 3.63) is 146 Å². The Hall–Kier alpha value is -4.46. The molecule has 1 aliphatic heterocycles. The molecular weight excluding hydrogens is 1100 g/mol. The van der Waals surface area contributed by atoms with E-state index in [-0.39, 0.29) is 19.4 Å². The number of allylic oxidation sites excluding steroid dienone is 23. The number of unbranched alkanes of at least 4 members (excludes halogenated alkanes) is 22. The Morgan fingerprint density at radius 2 is 0.818 bits per heavy atom. The Balaban J connectivity index is 2.62. The highest BCUT2D eigenvalue weighted by Gasteiger charge is 2.47. The highest BCUT2D eigenvalue weighted by molar-refractivity contribution is 5.80. The van der Waals surface area contributed by atoms with E-state index in [4.69, 9.17) is 14.2 Å². The van der Waals surface area contributed by atoms with Gasteiger partial charge in [0.25, 0.3) is 0 Å². The number of rotatable bonds is 58. The minimum atomic E-state index is -1.63. The van der Waals surface area contributed by atoms with Gasteiger partial charge < -0.3 is 45.1 Å². The van der Waals surface area contributed by atoms with Gasteiger partial charge in [-0.15, -0.1) is 0 Å². The lowest BCUT2D eigenvalue weighted by molar-refractivity contribution is -0.305. The molecule has 1 rings (SSSR count). The molecular formula is C77H127NO10. The second-order valence-electron chi connectivity index (χ2n) is 23.5. The van der Waals surface area contributed by atoms with Gasteiger partial charge in [0, 0.05) is 6.42 Å². The highest BCUT2D eigenvalue weighted by atomic mass is 16.7. The normalized spacial score (nSPS) is 19.1. The molecule has 0 saturated carbocycles. The minimum Gasteiger partial charge on any atom is -0.454 e. The molecule has 0 spiro atoms. The van der Waals surface area contributed by atoms with Crippen molar-refractivity contribution in [2.24, 2.45) is 0 Å². The number of nitrogens with one attached hydrogen (secondary N) is 1. The Kier molecular flexibility index (Phi) is 58.1. The molecule has 1 saturated heterocycles. The maximum absolute atomic E-state index is 13.5. The predicted molar refractivity (Wildman–Crippen MR) is 370 cm³/mol. The summed E-state index contributed by atoms with van der Waals surface area (Å²) in [5.41, 5.74) is 0. The summed E-state index contributed by atoms with van der Waals surface area (Å²) in [5, 5.41) is 57.2. The first kappa shape index (κ1) is 81.6. The van der Waals surface area contributed by atoms with E-state index in [1.165, 1.54) is 44.9 Å². The molecule has 6 N–H and O–H groups in total. The molecule has 8 unspecified atom stereocenters. The Bertz CT molecular complexity index is 1990. The monoisotopic (exact) mass is 1230 g/mol. The largest absolute Gasteiger partial charge is 0.454 e. The van der Waals surface area contributed by atoms with E-state index in [2.05, 4.69) is 160 Å². The number of amides is 1. The minimum absolute atomic E-state index is 0.100. The summed E-state index contributed by atoms with van der Waals surface area (Å²) in [4.78, 5) is 26.7. The summed E-state index contributed by atoms with van der Waals surface area (Å²) >= 11 is 0. The van der Waals surface area contributed by atoms with Gasteiger partial charge in [0.15, 0.2) is 12.4 Å². The van der Waals surface area contributed by atoms with Crippen LogP contribution in [0, 0.1) is 0 Å². The first-order valence-electron chi connectivity index (χ1n) is 35.1. The number of ether oxygens (including phenoxy) is 3. The second kappa shape index (κ2) is 62.7. The number of hydrogen-bond donors (Lipinski definition) is 6. The van der Waals surface area contributed by atoms with Gasteiger partial charge >= 0.3 is 5.97 Å². The van der Waals surface area contributed by atoms with Crippen LogP contribution in [0.3, 0.4) is 0 Å². The predicted octanol–water partition coefficient (Wildman–Crippen LogP) is 18.1. The second-order valence-corrected chi connectivity index (χ2v) is 23.5. The number of carbonyl (C=O) groups is 2. The topological polar surface area (TPSA) is 175 Å². The van der Waals surface area contributed by atoms with Crippen LogP contribution in [0.5, 0.6) is 0 Å². The molecule has 1 aliphatic rings. The van der Waals surface area contributed by atoms with Gasteiger partial charge in [-0.2, -0.15) is 0 Å². The first-order valence-corrected chi connectivity index (χ1v) is 35.1. The van der Waals surface area contributed by atoms with Gasteiger partial charge in [-0.25, -0.2) is 0 Å². The molecule has 500 valence electrons. The van der Waals surface area contributed by atoms with Crippen molar-refractivity contribution < 1.29 is 49.3 Å². The van der Waals surface area contributed by atoms with Crippen LogP contribution in [0.15, 0.2) is 146 Å². The van der Waals surface area contributed by atoms with E-state index in [1.807, 2.05) is 6.08 Å². The number of esters is 1. The fourth-order valence-electron chi connectivity index (χ4n) is 10.0. The van der Waals surface area contributed by atoms with E-state index in [0.29, 0.717) is 12.8 Å². The van der Waals surface area contributed by atoms with Gasteiger partial charge in [0.05, 0.1) is 25.4 Å². The third-order valence-electron chi connectivity index (χ3n) is 15.5. The molecule has 11 nitrogen and oxygen atoms in total. The van der Waals surface area contributed by atoms with Crippen molar-refractivity contribution in [2.45, 2.75) is 314 Å². The van der Waals surface area contributed by atoms with Crippen molar-refractivity contribution in [3.8, 4) is 0 Å². The van der Waals surface area contributed by atoms with Crippen LogP contribution in [-0.2, 0) is 23.8 Å². The number of carbonyl (C=O) groups excluding carboxylic acids is 2. The lowest BCUT2D eigenvalue weighted by Crippen LogP contribution is -2.61. The summed E-state index contributed by atoms with van der Waals surface area (Å²) in [6, 6.07) is -1.05. The zero-order chi connectivity index (χ0) is 63.9. The van der Waals surface area contributed by atoms with Crippen LogP contribution in [0.2, 0.25) is 0 Å². The number of hydrogen-bond acceptors (Lipinski definition) is 10. The lowest BCUT2D eigenvalue weighted by Gasteiger charge is -2.41.